The van der Waals surface area contributed by atoms with Gasteiger partial charge < -0.3 is 4.42 Å². The zero-order chi connectivity index (χ0) is 19.4. The average Bonchev–Trinajstić information content (AvgIpc) is 3.33. The molecule has 27 heavy (non-hydrogen) atoms. The first-order valence-electron chi connectivity index (χ1n) is 8.70. The van der Waals surface area contributed by atoms with Crippen molar-refractivity contribution in [2.24, 2.45) is 0 Å². The number of nitrogens with zero attached hydrogens (tertiary/aromatic N) is 4. The van der Waals surface area contributed by atoms with Crippen molar-refractivity contribution >= 4 is 11.0 Å². The van der Waals surface area contributed by atoms with E-state index in [0.29, 0.717) is 29.0 Å². The smallest absolute Gasteiger partial charge is 0.271 e. The summed E-state index contributed by atoms with van der Waals surface area (Å²) in [6, 6.07) is 8.44. The van der Waals surface area contributed by atoms with Gasteiger partial charge in [0, 0.05) is 30.3 Å². The van der Waals surface area contributed by atoms with Crippen molar-refractivity contribution in [3.8, 4) is 11.5 Å². The lowest BCUT2D eigenvalue weighted by Crippen LogP contribution is -2.09. The van der Waals surface area contributed by atoms with Crippen LogP contribution in [0.25, 0.3) is 22.5 Å². The Morgan fingerprint density at radius 1 is 1.15 bits per heavy atom. The molecule has 0 saturated heterocycles. The number of pyridine rings is 2. The molecule has 0 amide bonds. The highest BCUT2D eigenvalue weighted by Gasteiger charge is 2.29. The molecule has 140 valence electrons. The van der Waals surface area contributed by atoms with Crippen molar-refractivity contribution in [3.05, 3.63) is 66.3 Å². The van der Waals surface area contributed by atoms with Crippen LogP contribution in [0, 0.1) is 0 Å². The summed E-state index contributed by atoms with van der Waals surface area (Å²) in [5.74, 6) is -2.59. The maximum Gasteiger partial charge on any atom is 0.271 e. The molecule has 0 spiro atoms. The number of fused-ring (bicyclic) bond motifs is 1. The van der Waals surface area contributed by atoms with Gasteiger partial charge in [0.25, 0.3) is 5.92 Å². The molecule has 0 aliphatic carbocycles. The topological polar surface area (TPSA) is 56.7 Å². The third-order valence-corrected chi connectivity index (χ3v) is 3.94. The number of alkyl halides is 2. The van der Waals surface area contributed by atoms with Gasteiger partial charge in [-0.1, -0.05) is 13.8 Å². The van der Waals surface area contributed by atoms with Gasteiger partial charge in [0.1, 0.15) is 5.69 Å². The lowest BCUT2D eigenvalue weighted by molar-refractivity contribution is 0.0191. The number of hydrogen-bond acceptors (Lipinski definition) is 4. The summed E-state index contributed by atoms with van der Waals surface area (Å²) in [6.45, 7) is 5.28. The van der Waals surface area contributed by atoms with Gasteiger partial charge in [-0.15, -0.1) is 0 Å². The van der Waals surface area contributed by atoms with Crippen LogP contribution in [0.5, 0.6) is 0 Å². The molecular weight excluding hydrogens is 350 g/mol. The molecular formula is C20H20F2N4O. The molecule has 0 unspecified atom stereocenters. The summed E-state index contributed by atoms with van der Waals surface area (Å²) in [6.07, 6.45) is 6.27. The van der Waals surface area contributed by atoms with Crippen LogP contribution in [0.1, 0.15) is 31.9 Å². The molecule has 0 aliphatic heterocycles. The van der Waals surface area contributed by atoms with Crippen LogP contribution in [0.15, 0.2) is 59.6 Å². The van der Waals surface area contributed by atoms with Crippen molar-refractivity contribution < 1.29 is 13.2 Å². The summed E-state index contributed by atoms with van der Waals surface area (Å²) in [5.41, 5.74) is 1.58. The predicted octanol–water partition coefficient (Wildman–Crippen LogP) is 5.27. The van der Waals surface area contributed by atoms with Gasteiger partial charge in [-0.25, -0.2) is 18.4 Å². The largest absolute Gasteiger partial charge is 0.463 e. The molecule has 0 atom stereocenters. The van der Waals surface area contributed by atoms with Crippen molar-refractivity contribution in [2.75, 3.05) is 0 Å². The fraction of sp³-hybridized carbons (Fsp3) is 0.250. The summed E-state index contributed by atoms with van der Waals surface area (Å²) in [4.78, 5) is 8.48. The summed E-state index contributed by atoms with van der Waals surface area (Å²) >= 11 is 0. The first kappa shape index (κ1) is 18.7. The molecule has 0 N–H and O–H groups in total. The third-order valence-electron chi connectivity index (χ3n) is 3.94. The molecule has 5 nitrogen and oxygen atoms in total. The lowest BCUT2D eigenvalue weighted by Gasteiger charge is -2.13. The molecule has 0 fully saturated rings. The van der Waals surface area contributed by atoms with E-state index in [9.17, 15) is 8.78 Å². The van der Waals surface area contributed by atoms with Crippen molar-refractivity contribution in [1.29, 1.82) is 0 Å². The Bertz CT molecular complexity index is 1010. The van der Waals surface area contributed by atoms with Gasteiger partial charge in [0.15, 0.2) is 11.4 Å². The van der Waals surface area contributed by atoms with Gasteiger partial charge in [-0.05, 0) is 35.9 Å². The minimum absolute atomic E-state index is 0.120. The second kappa shape index (κ2) is 7.65. The van der Waals surface area contributed by atoms with Gasteiger partial charge in [-0.3, -0.25) is 4.98 Å². The van der Waals surface area contributed by atoms with E-state index in [1.54, 1.807) is 29.2 Å². The average molecular weight is 370 g/mol. The van der Waals surface area contributed by atoms with E-state index in [2.05, 4.69) is 15.1 Å². The van der Waals surface area contributed by atoms with Gasteiger partial charge in [0.2, 0.25) is 0 Å². The van der Waals surface area contributed by atoms with E-state index >= 15 is 0 Å². The van der Waals surface area contributed by atoms with Gasteiger partial charge in [-0.2, -0.15) is 5.10 Å². The Balaban J connectivity index is 0.00000102. The Kier molecular flexibility index (Phi) is 5.30. The molecule has 0 bridgehead atoms. The zero-order valence-electron chi connectivity index (χ0n) is 15.4. The molecule has 4 aromatic rings. The summed E-state index contributed by atoms with van der Waals surface area (Å²) < 4.78 is 35.2. The van der Waals surface area contributed by atoms with Crippen molar-refractivity contribution in [1.82, 2.24) is 19.7 Å². The van der Waals surface area contributed by atoms with Crippen molar-refractivity contribution in [2.45, 2.75) is 33.2 Å². The highest BCUT2D eigenvalue weighted by atomic mass is 19.3. The lowest BCUT2D eigenvalue weighted by atomic mass is 10.1. The molecule has 0 aromatic carbocycles. The molecule has 0 saturated carbocycles. The number of halogens is 2. The third kappa shape index (κ3) is 3.86. The van der Waals surface area contributed by atoms with E-state index in [1.807, 2.05) is 26.0 Å². The SMILES string of the molecule is CC.CC(F)(F)c1cc(-c2ccco2)nc2c1cnn2Cc1ccncc1. The Hall–Kier alpha value is -3.09. The first-order valence-corrected chi connectivity index (χ1v) is 8.70. The van der Waals surface area contributed by atoms with E-state index in [1.165, 1.54) is 18.5 Å². The Morgan fingerprint density at radius 2 is 1.89 bits per heavy atom. The predicted molar refractivity (Wildman–Crippen MR) is 99.5 cm³/mol. The van der Waals surface area contributed by atoms with Crippen LogP contribution in [-0.2, 0) is 12.5 Å². The highest BCUT2D eigenvalue weighted by molar-refractivity contribution is 5.82. The molecule has 4 rings (SSSR count). The molecule has 4 heterocycles. The molecule has 0 aliphatic rings. The molecule has 4 aromatic heterocycles. The van der Waals surface area contributed by atoms with Gasteiger partial charge >= 0.3 is 0 Å². The second-order valence-corrected chi connectivity index (χ2v) is 5.82. The fourth-order valence-corrected chi connectivity index (χ4v) is 2.74. The van der Waals surface area contributed by atoms with Crippen LogP contribution in [0.3, 0.4) is 0 Å². The summed E-state index contributed by atoms with van der Waals surface area (Å²) in [5, 5.41) is 4.59. The van der Waals surface area contributed by atoms with E-state index in [-0.39, 0.29) is 5.56 Å². The second-order valence-electron chi connectivity index (χ2n) is 5.82. The van der Waals surface area contributed by atoms with E-state index < -0.39 is 5.92 Å². The number of furan rings is 1. The Labute approximate surface area is 155 Å². The van der Waals surface area contributed by atoms with Gasteiger partial charge in [0.05, 0.1) is 19.0 Å². The highest BCUT2D eigenvalue weighted by Crippen LogP contribution is 2.35. The monoisotopic (exact) mass is 370 g/mol. The van der Waals surface area contributed by atoms with Crippen LogP contribution in [-0.4, -0.2) is 19.7 Å². The number of aromatic nitrogens is 4. The van der Waals surface area contributed by atoms with Crippen LogP contribution >= 0.6 is 0 Å². The van der Waals surface area contributed by atoms with Crippen LogP contribution < -0.4 is 0 Å². The van der Waals surface area contributed by atoms with Crippen molar-refractivity contribution in [3.63, 3.8) is 0 Å². The maximum atomic E-state index is 14.1. The van der Waals surface area contributed by atoms with Crippen LogP contribution in [0.2, 0.25) is 0 Å². The van der Waals surface area contributed by atoms with E-state index in [4.69, 9.17) is 4.42 Å². The maximum absolute atomic E-state index is 14.1. The number of rotatable bonds is 4. The normalized spacial score (nSPS) is 11.3. The molecule has 0 radical (unpaired) electrons. The standard InChI is InChI=1S/C18H14F2N4O.C2H6/c1-18(19,20)14-9-15(16-3-2-8-25-16)23-17-13(14)10-22-24(17)11-12-4-6-21-7-5-12;1-2/h2-10H,11H2,1H3;1-2H3. The molecule has 7 heteroatoms. The minimum Gasteiger partial charge on any atom is -0.463 e. The number of hydrogen-bond donors (Lipinski definition) is 0. The van der Waals surface area contributed by atoms with E-state index in [0.717, 1.165) is 12.5 Å². The minimum atomic E-state index is -3.02. The summed E-state index contributed by atoms with van der Waals surface area (Å²) in [7, 11) is 0. The quantitative estimate of drug-likeness (QED) is 0.491. The van der Waals surface area contributed by atoms with Crippen LogP contribution in [0.4, 0.5) is 8.78 Å². The fourth-order valence-electron chi connectivity index (χ4n) is 2.74. The Morgan fingerprint density at radius 3 is 2.52 bits per heavy atom. The zero-order valence-corrected chi connectivity index (χ0v) is 15.4. The first-order chi connectivity index (χ1) is 13.0.